The molecule has 154 valence electrons. The van der Waals surface area contributed by atoms with Crippen LogP contribution in [-0.4, -0.2) is 27.2 Å². The van der Waals surface area contributed by atoms with Crippen LogP contribution in [0.2, 0.25) is 0 Å². The maximum atomic E-state index is 12.5. The van der Waals surface area contributed by atoms with Gasteiger partial charge in [0.25, 0.3) is 0 Å². The number of methoxy groups -OCH3 is 3. The first-order valence-electron chi connectivity index (χ1n) is 9.25. The van der Waals surface area contributed by atoms with Gasteiger partial charge in [-0.1, -0.05) is 42.1 Å². The molecule has 0 aliphatic rings. The van der Waals surface area contributed by atoms with E-state index < -0.39 is 0 Å². The molecule has 3 aromatic carbocycles. The predicted molar refractivity (Wildman–Crippen MR) is 121 cm³/mol. The molecule has 0 aromatic heterocycles. The third-order valence-electron chi connectivity index (χ3n) is 4.23. The average Bonchev–Trinajstić information content (AvgIpc) is 2.78. The van der Waals surface area contributed by atoms with Gasteiger partial charge >= 0.3 is 0 Å². The summed E-state index contributed by atoms with van der Waals surface area (Å²) in [7, 11) is 4.66. The van der Waals surface area contributed by atoms with Crippen LogP contribution in [0.15, 0.2) is 82.6 Å². The van der Waals surface area contributed by atoms with Crippen LogP contribution in [0, 0.1) is 0 Å². The lowest BCUT2D eigenvalue weighted by atomic mass is 10.1. The zero-order valence-electron chi connectivity index (χ0n) is 17.0. The lowest BCUT2D eigenvalue weighted by Gasteiger charge is -2.13. The smallest absolute Gasteiger partial charge is 0.248 e. The van der Waals surface area contributed by atoms with E-state index in [0.717, 1.165) is 21.0 Å². The van der Waals surface area contributed by atoms with Gasteiger partial charge in [-0.25, -0.2) is 0 Å². The summed E-state index contributed by atoms with van der Waals surface area (Å²) >= 11 is 1.60. The minimum Gasteiger partial charge on any atom is -0.493 e. The topological polar surface area (TPSA) is 56.8 Å². The highest BCUT2D eigenvalue weighted by molar-refractivity contribution is 7.99. The number of carbonyl (C=O) groups is 1. The molecule has 0 bridgehead atoms. The van der Waals surface area contributed by atoms with Crippen LogP contribution in [0.1, 0.15) is 5.56 Å². The molecule has 0 saturated carbocycles. The van der Waals surface area contributed by atoms with Crippen LogP contribution in [0.4, 0.5) is 5.69 Å². The number of hydrogen-bond donors (Lipinski definition) is 1. The Morgan fingerprint density at radius 2 is 1.50 bits per heavy atom. The van der Waals surface area contributed by atoms with Crippen molar-refractivity contribution in [1.29, 1.82) is 0 Å². The van der Waals surface area contributed by atoms with E-state index in [2.05, 4.69) is 5.32 Å². The van der Waals surface area contributed by atoms with E-state index in [-0.39, 0.29) is 5.91 Å². The highest BCUT2D eigenvalue weighted by Gasteiger charge is 2.12. The molecule has 0 aliphatic carbocycles. The van der Waals surface area contributed by atoms with Crippen LogP contribution in [0.25, 0.3) is 6.08 Å². The van der Waals surface area contributed by atoms with Crippen LogP contribution in [-0.2, 0) is 4.79 Å². The Hall–Kier alpha value is -3.38. The predicted octanol–water partition coefficient (Wildman–Crippen LogP) is 5.52. The van der Waals surface area contributed by atoms with Gasteiger partial charge in [0, 0.05) is 15.9 Å². The van der Waals surface area contributed by atoms with E-state index in [4.69, 9.17) is 14.2 Å². The van der Waals surface area contributed by atoms with E-state index >= 15 is 0 Å². The summed E-state index contributed by atoms with van der Waals surface area (Å²) in [6.07, 6.45) is 3.18. The van der Waals surface area contributed by atoms with Crippen molar-refractivity contribution in [3.05, 3.63) is 78.4 Å². The molecular formula is C24H23NO4S. The van der Waals surface area contributed by atoms with Crippen LogP contribution < -0.4 is 19.5 Å². The van der Waals surface area contributed by atoms with E-state index in [1.54, 1.807) is 51.3 Å². The number of anilines is 1. The Balaban J connectivity index is 1.76. The first kappa shape index (κ1) is 21.3. The lowest BCUT2D eigenvalue weighted by molar-refractivity contribution is -0.111. The van der Waals surface area contributed by atoms with Crippen LogP contribution >= 0.6 is 11.8 Å². The van der Waals surface area contributed by atoms with Crippen LogP contribution in [0.5, 0.6) is 17.2 Å². The number of benzene rings is 3. The van der Waals surface area contributed by atoms with Crippen molar-refractivity contribution in [2.75, 3.05) is 26.6 Å². The molecule has 5 nitrogen and oxygen atoms in total. The van der Waals surface area contributed by atoms with Gasteiger partial charge in [0.15, 0.2) is 11.5 Å². The first-order chi connectivity index (χ1) is 14.6. The zero-order valence-corrected chi connectivity index (χ0v) is 17.9. The van der Waals surface area contributed by atoms with Crippen molar-refractivity contribution in [3.63, 3.8) is 0 Å². The fourth-order valence-corrected chi connectivity index (χ4v) is 3.74. The molecular weight excluding hydrogens is 398 g/mol. The minimum absolute atomic E-state index is 0.232. The fraction of sp³-hybridized carbons (Fsp3) is 0.125. The second kappa shape index (κ2) is 10.4. The normalized spacial score (nSPS) is 10.6. The van der Waals surface area contributed by atoms with Gasteiger partial charge in [-0.05, 0) is 48.0 Å². The number of nitrogens with one attached hydrogen (secondary N) is 1. The summed E-state index contributed by atoms with van der Waals surface area (Å²) in [5.74, 6) is 1.33. The standard InChI is InChI=1S/C24H23NO4S/c1-27-20-15-17(16-21(28-2)24(20)29-3)13-14-23(26)25-19-11-7-8-12-22(19)30-18-9-5-4-6-10-18/h4-16H,1-3H3,(H,25,26)/b14-13+. The number of para-hydroxylation sites is 1. The molecule has 3 aromatic rings. The Kier molecular flexibility index (Phi) is 7.40. The molecule has 30 heavy (non-hydrogen) atoms. The van der Waals surface area contributed by atoms with Crippen LogP contribution in [0.3, 0.4) is 0 Å². The second-order valence-corrected chi connectivity index (χ2v) is 7.31. The van der Waals surface area contributed by atoms with Gasteiger partial charge in [-0.2, -0.15) is 0 Å². The van der Waals surface area contributed by atoms with Gasteiger partial charge in [-0.3, -0.25) is 4.79 Å². The summed E-state index contributed by atoms with van der Waals surface area (Å²) < 4.78 is 16.0. The van der Waals surface area contributed by atoms with Crippen molar-refractivity contribution in [2.24, 2.45) is 0 Å². The Morgan fingerprint density at radius 1 is 0.867 bits per heavy atom. The largest absolute Gasteiger partial charge is 0.493 e. The number of carbonyl (C=O) groups excluding carboxylic acids is 1. The van der Waals surface area contributed by atoms with Crippen molar-refractivity contribution in [2.45, 2.75) is 9.79 Å². The van der Waals surface area contributed by atoms with E-state index in [1.165, 1.54) is 6.08 Å². The van der Waals surface area contributed by atoms with Gasteiger partial charge < -0.3 is 19.5 Å². The summed E-state index contributed by atoms with van der Waals surface area (Å²) in [6.45, 7) is 0. The van der Waals surface area contributed by atoms with Crippen molar-refractivity contribution in [1.82, 2.24) is 0 Å². The van der Waals surface area contributed by atoms with Crippen molar-refractivity contribution >= 4 is 29.4 Å². The summed E-state index contributed by atoms with van der Waals surface area (Å²) in [4.78, 5) is 14.6. The Labute approximate surface area is 180 Å². The van der Waals surface area contributed by atoms with Crippen molar-refractivity contribution in [3.8, 4) is 17.2 Å². The third-order valence-corrected chi connectivity index (χ3v) is 5.31. The number of ether oxygens (including phenoxy) is 3. The molecule has 1 amide bonds. The molecule has 1 N–H and O–H groups in total. The van der Waals surface area contributed by atoms with E-state index in [0.29, 0.717) is 17.2 Å². The first-order valence-corrected chi connectivity index (χ1v) is 10.1. The fourth-order valence-electron chi connectivity index (χ4n) is 2.82. The lowest BCUT2D eigenvalue weighted by Crippen LogP contribution is -2.08. The number of amides is 1. The zero-order chi connectivity index (χ0) is 21.3. The maximum absolute atomic E-state index is 12.5. The summed E-state index contributed by atoms with van der Waals surface area (Å²) in [5.41, 5.74) is 1.51. The molecule has 0 aliphatic heterocycles. The average molecular weight is 422 g/mol. The molecule has 0 fully saturated rings. The van der Waals surface area contributed by atoms with Gasteiger partial charge in [-0.15, -0.1) is 0 Å². The Morgan fingerprint density at radius 3 is 2.13 bits per heavy atom. The SMILES string of the molecule is COc1cc(/C=C/C(=O)Nc2ccccc2Sc2ccccc2)cc(OC)c1OC. The minimum atomic E-state index is -0.232. The molecule has 0 saturated heterocycles. The quantitative estimate of drug-likeness (QED) is 0.486. The molecule has 3 rings (SSSR count). The highest BCUT2D eigenvalue weighted by Crippen LogP contribution is 2.38. The van der Waals surface area contributed by atoms with E-state index in [9.17, 15) is 4.79 Å². The third kappa shape index (κ3) is 5.36. The van der Waals surface area contributed by atoms with Gasteiger partial charge in [0.1, 0.15) is 0 Å². The van der Waals surface area contributed by atoms with Crippen molar-refractivity contribution < 1.29 is 19.0 Å². The summed E-state index contributed by atoms with van der Waals surface area (Å²) in [6, 6.07) is 21.3. The van der Waals surface area contributed by atoms with E-state index in [1.807, 2.05) is 54.6 Å². The molecule has 0 spiro atoms. The molecule has 0 atom stereocenters. The van der Waals surface area contributed by atoms with Gasteiger partial charge in [0.05, 0.1) is 27.0 Å². The monoisotopic (exact) mass is 421 g/mol. The maximum Gasteiger partial charge on any atom is 0.248 e. The highest BCUT2D eigenvalue weighted by atomic mass is 32.2. The Bertz CT molecular complexity index is 1010. The molecule has 0 unspecified atom stereocenters. The molecule has 0 radical (unpaired) electrons. The second-order valence-electron chi connectivity index (χ2n) is 6.19. The van der Waals surface area contributed by atoms with Gasteiger partial charge in [0.2, 0.25) is 11.7 Å². The molecule has 0 heterocycles. The summed E-state index contributed by atoms with van der Waals surface area (Å²) in [5, 5.41) is 2.95. The molecule has 6 heteroatoms. The number of rotatable bonds is 8. The number of hydrogen-bond acceptors (Lipinski definition) is 5.